The molecule has 0 N–H and O–H groups in total. The molecule has 2 heterocycles. The Bertz CT molecular complexity index is 599. The summed E-state index contributed by atoms with van der Waals surface area (Å²) < 4.78 is 10.8. The number of ketones is 1. The quantitative estimate of drug-likeness (QED) is 0.803. The maximum Gasteiger partial charge on any atom is 0.180 e. The highest BCUT2D eigenvalue weighted by atomic mass is 16.5. The molecule has 106 valence electrons. The van der Waals surface area contributed by atoms with Crippen molar-refractivity contribution in [2.24, 2.45) is 0 Å². The minimum absolute atomic E-state index is 0.115. The molecular weight excluding hydrogens is 254 g/mol. The van der Waals surface area contributed by atoms with Crippen molar-refractivity contribution in [1.82, 2.24) is 4.90 Å². The second-order valence-electron chi connectivity index (χ2n) is 5.33. The lowest BCUT2D eigenvalue weighted by atomic mass is 10.1. The third kappa shape index (κ3) is 2.62. The SMILES string of the molecule is CN(CC(=O)c1coc2ccccc12)C1CCOCC1. The molecule has 4 heteroatoms. The van der Waals surface area contributed by atoms with Gasteiger partial charge >= 0.3 is 0 Å². The van der Waals surface area contributed by atoms with Gasteiger partial charge in [-0.15, -0.1) is 0 Å². The molecule has 0 unspecified atom stereocenters. The first-order chi connectivity index (χ1) is 9.75. The number of hydrogen-bond acceptors (Lipinski definition) is 4. The molecule has 0 radical (unpaired) electrons. The first-order valence-corrected chi connectivity index (χ1v) is 7.03. The van der Waals surface area contributed by atoms with Crippen LogP contribution in [0.5, 0.6) is 0 Å². The van der Waals surface area contributed by atoms with Gasteiger partial charge in [-0.05, 0) is 26.0 Å². The van der Waals surface area contributed by atoms with Gasteiger partial charge in [-0.1, -0.05) is 18.2 Å². The van der Waals surface area contributed by atoms with Crippen LogP contribution in [0, 0.1) is 0 Å². The molecule has 0 saturated carbocycles. The Hall–Kier alpha value is -1.65. The maximum absolute atomic E-state index is 12.4. The minimum atomic E-state index is 0.115. The molecule has 0 spiro atoms. The maximum atomic E-state index is 12.4. The van der Waals surface area contributed by atoms with Crippen molar-refractivity contribution in [1.29, 1.82) is 0 Å². The van der Waals surface area contributed by atoms with Crippen molar-refractivity contribution >= 4 is 16.8 Å². The number of likely N-dealkylation sites (N-methyl/N-ethyl adjacent to an activating group) is 1. The Morgan fingerprint density at radius 1 is 1.30 bits per heavy atom. The van der Waals surface area contributed by atoms with Crippen molar-refractivity contribution in [3.05, 3.63) is 36.1 Å². The van der Waals surface area contributed by atoms with Crippen LogP contribution in [0.2, 0.25) is 0 Å². The van der Waals surface area contributed by atoms with Crippen LogP contribution in [0.3, 0.4) is 0 Å². The molecule has 0 amide bonds. The Morgan fingerprint density at radius 3 is 2.85 bits per heavy atom. The Kier molecular flexibility index (Phi) is 3.85. The molecule has 1 saturated heterocycles. The molecule has 1 aliphatic rings. The molecule has 1 fully saturated rings. The predicted molar refractivity (Wildman–Crippen MR) is 77.0 cm³/mol. The van der Waals surface area contributed by atoms with Crippen LogP contribution in [-0.2, 0) is 4.74 Å². The normalized spacial score (nSPS) is 16.9. The number of furan rings is 1. The Labute approximate surface area is 118 Å². The second kappa shape index (κ2) is 5.77. The highest BCUT2D eigenvalue weighted by Gasteiger charge is 2.22. The third-order valence-corrected chi connectivity index (χ3v) is 3.99. The van der Waals surface area contributed by atoms with Crippen LogP contribution in [0.25, 0.3) is 11.0 Å². The fourth-order valence-corrected chi connectivity index (χ4v) is 2.76. The van der Waals surface area contributed by atoms with Crippen LogP contribution in [0.15, 0.2) is 34.9 Å². The summed E-state index contributed by atoms with van der Waals surface area (Å²) in [7, 11) is 2.01. The largest absolute Gasteiger partial charge is 0.464 e. The summed E-state index contributed by atoms with van der Waals surface area (Å²) in [5.41, 5.74) is 1.45. The standard InChI is InChI=1S/C16H19NO3/c1-17(12-6-8-19-9-7-12)10-15(18)14-11-20-16-5-3-2-4-13(14)16/h2-5,11-12H,6-10H2,1H3. The van der Waals surface area contributed by atoms with Crippen molar-refractivity contribution in [3.8, 4) is 0 Å². The summed E-state index contributed by atoms with van der Waals surface area (Å²) in [6, 6.07) is 8.09. The lowest BCUT2D eigenvalue weighted by molar-refractivity contribution is 0.0419. The molecule has 1 aromatic carbocycles. The lowest BCUT2D eigenvalue weighted by Crippen LogP contribution is -2.39. The fraction of sp³-hybridized carbons (Fsp3) is 0.438. The number of para-hydroxylation sites is 1. The third-order valence-electron chi connectivity index (χ3n) is 3.99. The van der Waals surface area contributed by atoms with Gasteiger partial charge in [-0.3, -0.25) is 9.69 Å². The summed E-state index contributed by atoms with van der Waals surface area (Å²) in [6.45, 7) is 2.00. The summed E-state index contributed by atoms with van der Waals surface area (Å²) in [6.07, 6.45) is 3.57. The van der Waals surface area contributed by atoms with Gasteiger partial charge in [-0.25, -0.2) is 0 Å². The average molecular weight is 273 g/mol. The van der Waals surface area contributed by atoms with Gasteiger partial charge in [0.15, 0.2) is 5.78 Å². The number of hydrogen-bond donors (Lipinski definition) is 0. The van der Waals surface area contributed by atoms with Crippen LogP contribution in [-0.4, -0.2) is 43.5 Å². The van der Waals surface area contributed by atoms with E-state index in [4.69, 9.17) is 9.15 Å². The number of nitrogens with zero attached hydrogens (tertiary/aromatic N) is 1. The number of Topliss-reactive ketones (excluding diaryl/α,β-unsaturated/α-hetero) is 1. The molecular formula is C16H19NO3. The highest BCUT2D eigenvalue weighted by Crippen LogP contribution is 2.22. The minimum Gasteiger partial charge on any atom is -0.464 e. The summed E-state index contributed by atoms with van der Waals surface area (Å²) in [4.78, 5) is 14.6. The molecule has 1 aromatic heterocycles. The van der Waals surface area contributed by atoms with E-state index in [-0.39, 0.29) is 5.78 Å². The number of carbonyl (C=O) groups is 1. The first-order valence-electron chi connectivity index (χ1n) is 7.03. The van der Waals surface area contributed by atoms with Crippen LogP contribution >= 0.6 is 0 Å². The summed E-state index contributed by atoms with van der Waals surface area (Å²) >= 11 is 0. The average Bonchev–Trinajstić information content (AvgIpc) is 2.92. The van der Waals surface area contributed by atoms with E-state index in [0.29, 0.717) is 18.2 Å². The van der Waals surface area contributed by atoms with E-state index in [1.165, 1.54) is 0 Å². The van der Waals surface area contributed by atoms with E-state index in [0.717, 1.165) is 37.0 Å². The molecule has 0 aliphatic carbocycles. The van der Waals surface area contributed by atoms with E-state index in [9.17, 15) is 4.79 Å². The van der Waals surface area contributed by atoms with Crippen molar-refractivity contribution in [3.63, 3.8) is 0 Å². The second-order valence-corrected chi connectivity index (χ2v) is 5.33. The van der Waals surface area contributed by atoms with E-state index >= 15 is 0 Å². The van der Waals surface area contributed by atoms with E-state index in [1.54, 1.807) is 6.26 Å². The number of rotatable bonds is 4. The molecule has 1 aliphatic heterocycles. The fourth-order valence-electron chi connectivity index (χ4n) is 2.76. The smallest absolute Gasteiger partial charge is 0.180 e. The molecule has 3 rings (SSSR count). The van der Waals surface area contributed by atoms with Gasteiger partial charge < -0.3 is 9.15 Å². The summed E-state index contributed by atoms with van der Waals surface area (Å²) in [5, 5.41) is 0.901. The lowest BCUT2D eigenvalue weighted by Gasteiger charge is -2.30. The molecule has 2 aromatic rings. The van der Waals surface area contributed by atoms with Gasteiger partial charge in [0.25, 0.3) is 0 Å². The van der Waals surface area contributed by atoms with Crippen molar-refractivity contribution in [2.75, 3.05) is 26.8 Å². The summed E-state index contributed by atoms with van der Waals surface area (Å²) in [5.74, 6) is 0.115. The molecule has 0 bridgehead atoms. The zero-order valence-electron chi connectivity index (χ0n) is 11.7. The van der Waals surface area contributed by atoms with Crippen molar-refractivity contribution < 1.29 is 13.9 Å². The number of carbonyl (C=O) groups excluding carboxylic acids is 1. The van der Waals surface area contributed by atoms with Gasteiger partial charge in [0.2, 0.25) is 0 Å². The number of ether oxygens (including phenoxy) is 1. The van der Waals surface area contributed by atoms with Crippen molar-refractivity contribution in [2.45, 2.75) is 18.9 Å². The van der Waals surface area contributed by atoms with E-state index < -0.39 is 0 Å². The molecule has 0 atom stereocenters. The van der Waals surface area contributed by atoms with Crippen LogP contribution in [0.1, 0.15) is 23.2 Å². The van der Waals surface area contributed by atoms with Crippen LogP contribution < -0.4 is 0 Å². The van der Waals surface area contributed by atoms with Gasteiger partial charge in [0.1, 0.15) is 11.8 Å². The zero-order chi connectivity index (χ0) is 13.9. The zero-order valence-corrected chi connectivity index (χ0v) is 11.7. The number of fused-ring (bicyclic) bond motifs is 1. The first kappa shape index (κ1) is 13.3. The van der Waals surface area contributed by atoms with Gasteiger partial charge in [-0.2, -0.15) is 0 Å². The Morgan fingerprint density at radius 2 is 2.05 bits per heavy atom. The van der Waals surface area contributed by atoms with E-state index in [1.807, 2.05) is 31.3 Å². The highest BCUT2D eigenvalue weighted by molar-refractivity contribution is 6.08. The van der Waals surface area contributed by atoms with Gasteiger partial charge in [0, 0.05) is 24.6 Å². The number of benzene rings is 1. The Balaban J connectivity index is 1.72. The van der Waals surface area contributed by atoms with Gasteiger partial charge in [0.05, 0.1) is 12.1 Å². The van der Waals surface area contributed by atoms with E-state index in [2.05, 4.69) is 4.90 Å². The predicted octanol–water partition coefficient (Wildman–Crippen LogP) is 2.73. The molecule has 20 heavy (non-hydrogen) atoms. The monoisotopic (exact) mass is 273 g/mol. The van der Waals surface area contributed by atoms with Crippen LogP contribution in [0.4, 0.5) is 0 Å². The molecule has 4 nitrogen and oxygen atoms in total. The topological polar surface area (TPSA) is 42.7 Å².